The molecule has 0 aliphatic heterocycles. The quantitative estimate of drug-likeness (QED) is 0.887. The predicted molar refractivity (Wildman–Crippen MR) is 86.6 cm³/mol. The van der Waals surface area contributed by atoms with Crippen LogP contribution in [0.3, 0.4) is 0 Å². The molecular weight excluding hydrogens is 314 g/mol. The van der Waals surface area contributed by atoms with E-state index in [4.69, 9.17) is 0 Å². The number of benzene rings is 2. The van der Waals surface area contributed by atoms with Crippen LogP contribution in [0.15, 0.2) is 59.1 Å². The lowest BCUT2D eigenvalue weighted by Crippen LogP contribution is -2.30. The molecule has 0 amide bonds. The molecule has 106 valence electrons. The van der Waals surface area contributed by atoms with E-state index in [9.17, 15) is 5.11 Å². The fourth-order valence-corrected chi connectivity index (χ4v) is 2.66. The van der Waals surface area contributed by atoms with Crippen molar-refractivity contribution in [2.24, 2.45) is 0 Å². The summed E-state index contributed by atoms with van der Waals surface area (Å²) in [6.07, 6.45) is 0. The maximum Gasteiger partial charge on any atom is 0.0628 e. The van der Waals surface area contributed by atoms with Crippen molar-refractivity contribution >= 4 is 15.9 Å². The van der Waals surface area contributed by atoms with Crippen LogP contribution in [-0.4, -0.2) is 23.7 Å². The van der Waals surface area contributed by atoms with Crippen molar-refractivity contribution in [1.29, 1.82) is 0 Å². The van der Waals surface area contributed by atoms with Gasteiger partial charge in [0.1, 0.15) is 0 Å². The Balaban J connectivity index is 2.20. The topological polar surface area (TPSA) is 23.5 Å². The largest absolute Gasteiger partial charge is 0.394 e. The normalized spacial score (nSPS) is 14.2. The summed E-state index contributed by atoms with van der Waals surface area (Å²) in [5.74, 6) is 0. The van der Waals surface area contributed by atoms with Crippen LogP contribution in [0.2, 0.25) is 0 Å². The second-order valence-corrected chi connectivity index (χ2v) is 5.92. The first kappa shape index (κ1) is 15.2. The first-order valence-electron chi connectivity index (χ1n) is 6.76. The number of hydrogen-bond acceptors (Lipinski definition) is 2. The van der Waals surface area contributed by atoms with Gasteiger partial charge in [-0.15, -0.1) is 0 Å². The molecule has 0 spiro atoms. The third kappa shape index (κ3) is 3.48. The van der Waals surface area contributed by atoms with Gasteiger partial charge in [0.2, 0.25) is 0 Å². The third-order valence-electron chi connectivity index (χ3n) is 3.81. The standard InChI is InChI=1S/C17H20BrNO/c1-13(14-8-10-16(18)11-9-14)19(2)17(12-20)15-6-4-3-5-7-15/h3-11,13,17,20H,12H2,1-2H3/t13-,17-/m0/s1. The number of hydrogen-bond donors (Lipinski definition) is 1. The molecule has 0 radical (unpaired) electrons. The van der Waals surface area contributed by atoms with Gasteiger partial charge in [0, 0.05) is 10.5 Å². The number of likely N-dealkylation sites (N-methyl/N-ethyl adjacent to an activating group) is 1. The Labute approximate surface area is 129 Å². The first-order valence-corrected chi connectivity index (χ1v) is 7.56. The fraction of sp³-hybridized carbons (Fsp3) is 0.294. The van der Waals surface area contributed by atoms with Crippen molar-refractivity contribution in [3.63, 3.8) is 0 Å². The summed E-state index contributed by atoms with van der Waals surface area (Å²) in [5, 5.41) is 9.74. The molecule has 2 nitrogen and oxygen atoms in total. The second kappa shape index (κ2) is 7.02. The van der Waals surface area contributed by atoms with Crippen molar-refractivity contribution < 1.29 is 5.11 Å². The lowest BCUT2D eigenvalue weighted by atomic mass is 10.0. The zero-order valence-electron chi connectivity index (χ0n) is 11.8. The van der Waals surface area contributed by atoms with E-state index in [2.05, 4.69) is 71.2 Å². The molecular formula is C17H20BrNO. The summed E-state index contributed by atoms with van der Waals surface area (Å²) in [6, 6.07) is 18.7. The zero-order valence-corrected chi connectivity index (χ0v) is 13.4. The minimum Gasteiger partial charge on any atom is -0.394 e. The molecule has 1 N–H and O–H groups in total. The minimum absolute atomic E-state index is 0.00912. The van der Waals surface area contributed by atoms with Gasteiger partial charge in [-0.2, -0.15) is 0 Å². The summed E-state index contributed by atoms with van der Waals surface area (Å²) in [4.78, 5) is 2.21. The van der Waals surface area contributed by atoms with Crippen LogP contribution in [0.25, 0.3) is 0 Å². The molecule has 0 heterocycles. The molecule has 2 aromatic carbocycles. The summed E-state index contributed by atoms with van der Waals surface area (Å²) in [5.41, 5.74) is 2.38. The van der Waals surface area contributed by atoms with E-state index >= 15 is 0 Å². The molecule has 0 aliphatic rings. The number of halogens is 1. The molecule has 0 aliphatic carbocycles. The van der Waals surface area contributed by atoms with E-state index in [1.54, 1.807) is 0 Å². The summed E-state index contributed by atoms with van der Waals surface area (Å²) in [6.45, 7) is 2.27. The highest BCUT2D eigenvalue weighted by Crippen LogP contribution is 2.29. The molecule has 20 heavy (non-hydrogen) atoms. The van der Waals surface area contributed by atoms with Crippen LogP contribution in [0.5, 0.6) is 0 Å². The van der Waals surface area contributed by atoms with Crippen LogP contribution in [0, 0.1) is 0 Å². The van der Waals surface area contributed by atoms with Gasteiger partial charge >= 0.3 is 0 Å². The number of rotatable bonds is 5. The maximum absolute atomic E-state index is 9.74. The lowest BCUT2D eigenvalue weighted by Gasteiger charge is -2.32. The van der Waals surface area contributed by atoms with Crippen molar-refractivity contribution in [3.05, 3.63) is 70.2 Å². The van der Waals surface area contributed by atoms with Crippen molar-refractivity contribution in [3.8, 4) is 0 Å². The Kier molecular flexibility index (Phi) is 5.35. The van der Waals surface area contributed by atoms with E-state index in [0.717, 1.165) is 10.0 Å². The Morgan fingerprint density at radius 1 is 1.00 bits per heavy atom. The Hall–Kier alpha value is -1.16. The van der Waals surface area contributed by atoms with E-state index in [1.165, 1.54) is 5.56 Å². The molecule has 0 unspecified atom stereocenters. The predicted octanol–water partition coefficient (Wildman–Crippen LogP) is 4.18. The SMILES string of the molecule is C[C@@H](c1ccc(Br)cc1)N(C)[C@@H](CO)c1ccccc1. The van der Waals surface area contributed by atoms with Crippen LogP contribution in [-0.2, 0) is 0 Å². The molecule has 3 heteroatoms. The van der Waals surface area contributed by atoms with Gasteiger partial charge in [-0.05, 0) is 37.2 Å². The van der Waals surface area contributed by atoms with Gasteiger partial charge in [0.15, 0.2) is 0 Å². The molecule has 2 rings (SSSR count). The number of nitrogens with zero attached hydrogens (tertiary/aromatic N) is 1. The van der Waals surface area contributed by atoms with Crippen LogP contribution < -0.4 is 0 Å². The number of aliphatic hydroxyl groups excluding tert-OH is 1. The average Bonchev–Trinajstić information content (AvgIpc) is 2.49. The van der Waals surface area contributed by atoms with E-state index in [-0.39, 0.29) is 18.7 Å². The molecule has 0 fully saturated rings. The smallest absolute Gasteiger partial charge is 0.0628 e. The van der Waals surface area contributed by atoms with Gasteiger partial charge in [-0.25, -0.2) is 0 Å². The third-order valence-corrected chi connectivity index (χ3v) is 4.34. The fourth-order valence-electron chi connectivity index (χ4n) is 2.39. The van der Waals surface area contributed by atoms with Crippen LogP contribution in [0.1, 0.15) is 30.1 Å². The average molecular weight is 334 g/mol. The highest BCUT2D eigenvalue weighted by Gasteiger charge is 2.21. The highest BCUT2D eigenvalue weighted by molar-refractivity contribution is 9.10. The van der Waals surface area contributed by atoms with Gasteiger partial charge in [0.05, 0.1) is 12.6 Å². The molecule has 0 saturated carbocycles. The Morgan fingerprint density at radius 3 is 2.15 bits per heavy atom. The zero-order chi connectivity index (χ0) is 14.5. The molecule has 0 aromatic heterocycles. The van der Waals surface area contributed by atoms with Crippen LogP contribution in [0.4, 0.5) is 0 Å². The van der Waals surface area contributed by atoms with Gasteiger partial charge in [-0.3, -0.25) is 4.90 Å². The summed E-state index contributed by atoms with van der Waals surface area (Å²) in [7, 11) is 2.06. The lowest BCUT2D eigenvalue weighted by molar-refractivity contribution is 0.115. The van der Waals surface area contributed by atoms with Crippen LogP contribution >= 0.6 is 15.9 Å². The Bertz CT molecular complexity index is 526. The molecule has 0 saturated heterocycles. The molecule has 2 aromatic rings. The van der Waals surface area contributed by atoms with Gasteiger partial charge in [-0.1, -0.05) is 58.4 Å². The van der Waals surface area contributed by atoms with E-state index in [1.807, 2.05) is 18.2 Å². The van der Waals surface area contributed by atoms with E-state index < -0.39 is 0 Å². The summed E-state index contributed by atoms with van der Waals surface area (Å²) < 4.78 is 1.08. The van der Waals surface area contributed by atoms with Gasteiger partial charge < -0.3 is 5.11 Å². The molecule has 0 bridgehead atoms. The monoisotopic (exact) mass is 333 g/mol. The highest BCUT2D eigenvalue weighted by atomic mass is 79.9. The van der Waals surface area contributed by atoms with Crippen molar-refractivity contribution in [1.82, 2.24) is 4.90 Å². The minimum atomic E-state index is 0.00912. The Morgan fingerprint density at radius 2 is 1.60 bits per heavy atom. The summed E-state index contributed by atoms with van der Waals surface area (Å²) >= 11 is 3.46. The van der Waals surface area contributed by atoms with E-state index in [0.29, 0.717) is 0 Å². The van der Waals surface area contributed by atoms with Crippen molar-refractivity contribution in [2.75, 3.05) is 13.7 Å². The second-order valence-electron chi connectivity index (χ2n) is 5.00. The number of aliphatic hydroxyl groups is 1. The van der Waals surface area contributed by atoms with Crippen molar-refractivity contribution in [2.45, 2.75) is 19.0 Å². The molecule has 2 atom stereocenters. The first-order chi connectivity index (χ1) is 9.63. The van der Waals surface area contributed by atoms with Gasteiger partial charge in [0.25, 0.3) is 0 Å². The maximum atomic E-state index is 9.74.